The van der Waals surface area contributed by atoms with Crippen LogP contribution in [0.3, 0.4) is 0 Å². The fraction of sp³-hybridized carbons (Fsp3) is 0.625. The smallest absolute Gasteiger partial charge is 0.119 e. The van der Waals surface area contributed by atoms with Crippen molar-refractivity contribution in [2.75, 3.05) is 39.9 Å². The highest BCUT2D eigenvalue weighted by Gasteiger charge is 2.28. The molecule has 0 amide bonds. The number of ether oxygens (including phenoxy) is 2. The predicted molar refractivity (Wildman–Crippen MR) is 81.3 cm³/mol. The summed E-state index contributed by atoms with van der Waals surface area (Å²) in [4.78, 5) is 2.46. The van der Waals surface area contributed by atoms with Crippen molar-refractivity contribution in [3.05, 3.63) is 24.3 Å². The van der Waals surface area contributed by atoms with Gasteiger partial charge in [0.2, 0.25) is 0 Å². The molecule has 0 saturated carbocycles. The first-order chi connectivity index (χ1) is 9.65. The van der Waals surface area contributed by atoms with Gasteiger partial charge in [-0.15, -0.1) is 0 Å². The second kappa shape index (κ2) is 6.95. The number of methoxy groups -OCH3 is 1. The molecule has 20 heavy (non-hydrogen) atoms. The highest BCUT2D eigenvalue weighted by molar-refractivity contribution is 5.31. The van der Waals surface area contributed by atoms with Gasteiger partial charge >= 0.3 is 0 Å². The van der Waals surface area contributed by atoms with Crippen LogP contribution >= 0.6 is 0 Å². The molecule has 0 aromatic heterocycles. The van der Waals surface area contributed by atoms with Gasteiger partial charge in [-0.2, -0.15) is 0 Å². The van der Waals surface area contributed by atoms with E-state index in [4.69, 9.17) is 15.2 Å². The Labute approximate surface area is 121 Å². The highest BCUT2D eigenvalue weighted by Crippen LogP contribution is 2.29. The minimum atomic E-state index is 0.341. The van der Waals surface area contributed by atoms with Gasteiger partial charge in [0.15, 0.2) is 0 Å². The summed E-state index contributed by atoms with van der Waals surface area (Å²) in [7, 11) is 1.67. The third-order valence-corrected chi connectivity index (χ3v) is 4.29. The number of nitrogens with zero attached hydrogens (tertiary/aromatic N) is 1. The van der Waals surface area contributed by atoms with Crippen molar-refractivity contribution in [2.45, 2.75) is 19.8 Å². The first kappa shape index (κ1) is 15.1. The van der Waals surface area contributed by atoms with Gasteiger partial charge < -0.3 is 15.2 Å². The number of hydrogen-bond donors (Lipinski definition) is 1. The molecule has 0 spiro atoms. The zero-order chi connectivity index (χ0) is 14.4. The van der Waals surface area contributed by atoms with Crippen molar-refractivity contribution in [1.29, 1.82) is 0 Å². The number of rotatable bonds is 6. The molecule has 2 N–H and O–H groups in total. The minimum Gasteiger partial charge on any atom is -0.497 e. The molecular weight excluding hydrogens is 252 g/mol. The van der Waals surface area contributed by atoms with E-state index >= 15 is 0 Å². The van der Waals surface area contributed by atoms with E-state index in [9.17, 15) is 0 Å². The molecule has 4 heteroatoms. The zero-order valence-electron chi connectivity index (χ0n) is 12.6. The maximum atomic E-state index is 5.83. The average Bonchev–Trinajstić information content (AvgIpc) is 2.50. The molecule has 1 aliphatic rings. The Balaban J connectivity index is 1.68. The molecule has 1 saturated heterocycles. The molecule has 1 aromatic rings. The Morgan fingerprint density at radius 2 is 1.75 bits per heavy atom. The second-order valence-corrected chi connectivity index (χ2v) is 5.88. The lowest BCUT2D eigenvalue weighted by Gasteiger charge is -2.38. The molecule has 2 rings (SSSR count). The summed E-state index contributed by atoms with van der Waals surface area (Å²) in [5, 5.41) is 0. The van der Waals surface area contributed by atoms with Crippen molar-refractivity contribution in [2.24, 2.45) is 11.1 Å². The number of benzene rings is 1. The third kappa shape index (κ3) is 4.12. The number of likely N-dealkylation sites (tertiary alicyclic amines) is 1. The lowest BCUT2D eigenvalue weighted by atomic mass is 9.80. The third-order valence-electron chi connectivity index (χ3n) is 4.29. The molecule has 0 aliphatic carbocycles. The Hall–Kier alpha value is -1.26. The van der Waals surface area contributed by atoms with Gasteiger partial charge in [0.05, 0.1) is 7.11 Å². The first-order valence-corrected chi connectivity index (χ1v) is 7.34. The summed E-state index contributed by atoms with van der Waals surface area (Å²) in [6.45, 7) is 7.04. The van der Waals surface area contributed by atoms with Crippen LogP contribution in [-0.4, -0.2) is 44.8 Å². The Kier molecular flexibility index (Phi) is 5.26. The Bertz CT molecular complexity index is 397. The van der Waals surface area contributed by atoms with E-state index in [1.165, 1.54) is 12.8 Å². The van der Waals surface area contributed by atoms with Crippen LogP contribution in [0, 0.1) is 5.41 Å². The molecule has 1 aliphatic heterocycles. The zero-order valence-corrected chi connectivity index (χ0v) is 12.6. The van der Waals surface area contributed by atoms with Crippen molar-refractivity contribution in [3.8, 4) is 11.5 Å². The van der Waals surface area contributed by atoms with Gasteiger partial charge in [0.25, 0.3) is 0 Å². The van der Waals surface area contributed by atoms with Crippen LogP contribution in [0.1, 0.15) is 19.8 Å². The first-order valence-electron chi connectivity index (χ1n) is 7.34. The molecule has 112 valence electrons. The minimum absolute atomic E-state index is 0.341. The van der Waals surface area contributed by atoms with E-state index in [0.717, 1.165) is 44.3 Å². The summed E-state index contributed by atoms with van der Waals surface area (Å²) < 4.78 is 10.9. The SMILES string of the molecule is COc1ccc(OCCN2CCC(C)(CN)CC2)cc1. The van der Waals surface area contributed by atoms with Crippen LogP contribution < -0.4 is 15.2 Å². The van der Waals surface area contributed by atoms with Gasteiger partial charge in [0.1, 0.15) is 18.1 Å². The monoisotopic (exact) mass is 278 g/mol. The lowest BCUT2D eigenvalue weighted by molar-refractivity contribution is 0.109. The highest BCUT2D eigenvalue weighted by atomic mass is 16.5. The summed E-state index contributed by atoms with van der Waals surface area (Å²) in [6, 6.07) is 7.73. The number of piperidine rings is 1. The van der Waals surface area contributed by atoms with Gasteiger partial charge in [-0.1, -0.05) is 6.92 Å². The molecular formula is C16H26N2O2. The lowest BCUT2D eigenvalue weighted by Crippen LogP contribution is -2.43. The van der Waals surface area contributed by atoms with Crippen molar-refractivity contribution in [3.63, 3.8) is 0 Å². The fourth-order valence-electron chi connectivity index (χ4n) is 2.49. The van der Waals surface area contributed by atoms with Gasteiger partial charge in [-0.05, 0) is 62.2 Å². The predicted octanol–water partition coefficient (Wildman–Crippen LogP) is 2.13. The normalized spacial score (nSPS) is 18.8. The standard InChI is InChI=1S/C16H26N2O2/c1-16(13-17)7-9-18(10-8-16)11-12-20-15-5-3-14(19-2)4-6-15/h3-6H,7-13,17H2,1-2H3. The quantitative estimate of drug-likeness (QED) is 0.866. The molecule has 1 aromatic carbocycles. The largest absolute Gasteiger partial charge is 0.497 e. The van der Waals surface area contributed by atoms with Crippen LogP contribution in [-0.2, 0) is 0 Å². The number of nitrogens with two attached hydrogens (primary N) is 1. The van der Waals surface area contributed by atoms with Crippen molar-refractivity contribution in [1.82, 2.24) is 4.90 Å². The van der Waals surface area contributed by atoms with E-state index in [1.807, 2.05) is 24.3 Å². The molecule has 0 radical (unpaired) electrons. The van der Waals surface area contributed by atoms with E-state index in [2.05, 4.69) is 11.8 Å². The van der Waals surface area contributed by atoms with Crippen LogP contribution in [0.4, 0.5) is 0 Å². The summed E-state index contributed by atoms with van der Waals surface area (Å²) in [5.41, 5.74) is 6.17. The summed E-state index contributed by atoms with van der Waals surface area (Å²) in [5.74, 6) is 1.75. The van der Waals surface area contributed by atoms with Crippen molar-refractivity contribution >= 4 is 0 Å². The van der Waals surface area contributed by atoms with E-state index < -0.39 is 0 Å². The van der Waals surface area contributed by atoms with E-state index in [0.29, 0.717) is 5.41 Å². The number of hydrogen-bond acceptors (Lipinski definition) is 4. The van der Waals surface area contributed by atoms with Crippen LogP contribution in [0.25, 0.3) is 0 Å². The Morgan fingerprint density at radius 3 is 2.30 bits per heavy atom. The Morgan fingerprint density at radius 1 is 1.15 bits per heavy atom. The van der Waals surface area contributed by atoms with Crippen LogP contribution in [0.2, 0.25) is 0 Å². The van der Waals surface area contributed by atoms with Gasteiger partial charge in [0, 0.05) is 6.54 Å². The fourth-order valence-corrected chi connectivity index (χ4v) is 2.49. The molecule has 4 nitrogen and oxygen atoms in total. The summed E-state index contributed by atoms with van der Waals surface area (Å²) >= 11 is 0. The molecule has 1 heterocycles. The summed E-state index contributed by atoms with van der Waals surface area (Å²) in [6.07, 6.45) is 2.37. The van der Waals surface area contributed by atoms with E-state index in [-0.39, 0.29) is 0 Å². The molecule has 0 bridgehead atoms. The molecule has 1 fully saturated rings. The van der Waals surface area contributed by atoms with E-state index in [1.54, 1.807) is 7.11 Å². The topological polar surface area (TPSA) is 47.7 Å². The van der Waals surface area contributed by atoms with Crippen molar-refractivity contribution < 1.29 is 9.47 Å². The maximum Gasteiger partial charge on any atom is 0.119 e. The molecule has 0 atom stereocenters. The van der Waals surface area contributed by atoms with Crippen LogP contribution in [0.15, 0.2) is 24.3 Å². The van der Waals surface area contributed by atoms with Crippen LogP contribution in [0.5, 0.6) is 11.5 Å². The molecule has 0 unspecified atom stereocenters. The second-order valence-electron chi connectivity index (χ2n) is 5.88. The average molecular weight is 278 g/mol. The van der Waals surface area contributed by atoms with Gasteiger partial charge in [-0.3, -0.25) is 4.90 Å². The van der Waals surface area contributed by atoms with Gasteiger partial charge in [-0.25, -0.2) is 0 Å². The maximum absolute atomic E-state index is 5.83.